The molecule has 3 aromatic carbocycles. The molecule has 34 heavy (non-hydrogen) atoms. The monoisotopic (exact) mass is 468 g/mol. The molecule has 3 aromatic rings. The zero-order valence-corrected chi connectivity index (χ0v) is 19.6. The fraction of sp³-hybridized carbons (Fsp3) is 0.185. The Balaban J connectivity index is 1.33. The fourth-order valence-corrected chi connectivity index (χ4v) is 4.91. The molecule has 0 bridgehead atoms. The van der Waals surface area contributed by atoms with Crippen molar-refractivity contribution in [1.29, 1.82) is 0 Å². The normalized spacial score (nSPS) is 16.4. The molecule has 1 N–H and O–H groups in total. The first-order chi connectivity index (χ1) is 16.6. The number of hydrogen-bond acceptors (Lipinski definition) is 5. The van der Waals surface area contributed by atoms with Gasteiger partial charge in [-0.1, -0.05) is 84.1 Å². The lowest BCUT2D eigenvalue weighted by Gasteiger charge is -2.31. The van der Waals surface area contributed by atoms with Gasteiger partial charge in [0.2, 0.25) is 5.91 Å². The highest BCUT2D eigenvalue weighted by atomic mass is 32.2. The number of benzene rings is 3. The van der Waals surface area contributed by atoms with E-state index in [1.807, 2.05) is 90.7 Å². The Morgan fingerprint density at radius 1 is 0.941 bits per heavy atom. The molecule has 1 atom stereocenters. The van der Waals surface area contributed by atoms with Crippen LogP contribution in [0, 0.1) is 6.92 Å². The smallest absolute Gasteiger partial charge is 0.271 e. The summed E-state index contributed by atoms with van der Waals surface area (Å²) < 4.78 is 0. The van der Waals surface area contributed by atoms with Gasteiger partial charge in [-0.15, -0.1) is 0 Å². The molecule has 5 rings (SSSR count). The number of amidine groups is 2. The lowest BCUT2D eigenvalue weighted by molar-refractivity contribution is -0.120. The summed E-state index contributed by atoms with van der Waals surface area (Å²) in [4.78, 5) is 36.7. The maximum Gasteiger partial charge on any atom is 0.271 e. The Morgan fingerprint density at radius 3 is 2.47 bits per heavy atom. The van der Waals surface area contributed by atoms with Crippen LogP contribution in [0.2, 0.25) is 0 Å². The Labute approximate surface area is 202 Å². The van der Waals surface area contributed by atoms with Crippen LogP contribution in [0.25, 0.3) is 0 Å². The van der Waals surface area contributed by atoms with Gasteiger partial charge in [-0.25, -0.2) is 4.99 Å². The quantitative estimate of drug-likeness (QED) is 0.587. The summed E-state index contributed by atoms with van der Waals surface area (Å²) in [5.74, 6) is 0.533. The van der Waals surface area contributed by atoms with E-state index in [2.05, 4.69) is 10.3 Å². The van der Waals surface area contributed by atoms with Crippen molar-refractivity contribution in [2.45, 2.75) is 25.9 Å². The molecule has 0 saturated carbocycles. The van der Waals surface area contributed by atoms with E-state index in [0.29, 0.717) is 24.0 Å². The van der Waals surface area contributed by atoms with E-state index in [-0.39, 0.29) is 17.6 Å². The number of aryl methyl sites for hydroxylation is 1. The van der Waals surface area contributed by atoms with E-state index < -0.39 is 6.04 Å². The van der Waals surface area contributed by atoms with Crippen LogP contribution in [0.3, 0.4) is 0 Å². The van der Waals surface area contributed by atoms with Crippen molar-refractivity contribution in [3.8, 4) is 0 Å². The molecule has 170 valence electrons. The van der Waals surface area contributed by atoms with Crippen LogP contribution < -0.4 is 5.32 Å². The lowest BCUT2D eigenvalue weighted by atomic mass is 10.0. The SMILES string of the molecule is Cc1ccc(CNC(=O)CSC2=Nc3ccccc3C3=NC(=O)C(Cc4ccccc4)N23)cc1. The third kappa shape index (κ3) is 4.65. The third-order valence-corrected chi connectivity index (χ3v) is 6.78. The van der Waals surface area contributed by atoms with Gasteiger partial charge in [0.25, 0.3) is 5.91 Å². The predicted molar refractivity (Wildman–Crippen MR) is 136 cm³/mol. The average Bonchev–Trinajstić information content (AvgIpc) is 3.19. The maximum atomic E-state index is 12.9. The molecular formula is C27H24N4O2S. The molecule has 0 aliphatic carbocycles. The molecule has 0 aromatic heterocycles. The van der Waals surface area contributed by atoms with Gasteiger partial charge in [0.1, 0.15) is 11.9 Å². The summed E-state index contributed by atoms with van der Waals surface area (Å²) in [6.45, 7) is 2.51. The van der Waals surface area contributed by atoms with Gasteiger partial charge >= 0.3 is 0 Å². The molecule has 6 nitrogen and oxygen atoms in total. The number of thioether (sulfide) groups is 1. The minimum atomic E-state index is -0.479. The third-order valence-electron chi connectivity index (χ3n) is 5.82. The van der Waals surface area contributed by atoms with Gasteiger partial charge in [0.05, 0.1) is 11.4 Å². The van der Waals surface area contributed by atoms with E-state index in [1.54, 1.807) is 0 Å². The van der Waals surface area contributed by atoms with Gasteiger partial charge in [-0.2, -0.15) is 4.99 Å². The molecule has 0 saturated heterocycles. The van der Waals surface area contributed by atoms with Crippen molar-refractivity contribution in [2.75, 3.05) is 5.75 Å². The van der Waals surface area contributed by atoms with Crippen LogP contribution in [0.1, 0.15) is 22.3 Å². The first kappa shape index (κ1) is 22.1. The fourth-order valence-electron chi connectivity index (χ4n) is 4.03. The Morgan fingerprint density at radius 2 is 1.68 bits per heavy atom. The van der Waals surface area contributed by atoms with Crippen LogP contribution in [0.4, 0.5) is 5.69 Å². The highest BCUT2D eigenvalue weighted by Gasteiger charge is 2.41. The second-order valence-electron chi connectivity index (χ2n) is 8.31. The van der Waals surface area contributed by atoms with E-state index in [0.717, 1.165) is 22.4 Å². The average molecular weight is 469 g/mol. The van der Waals surface area contributed by atoms with Crippen molar-refractivity contribution >= 4 is 40.3 Å². The molecule has 2 aliphatic rings. The van der Waals surface area contributed by atoms with Crippen LogP contribution in [-0.2, 0) is 22.6 Å². The number of aliphatic imine (C=N–C) groups is 2. The van der Waals surface area contributed by atoms with E-state index >= 15 is 0 Å². The molecule has 1 unspecified atom stereocenters. The number of rotatable bonds is 6. The number of nitrogens with zero attached hydrogens (tertiary/aromatic N) is 3. The van der Waals surface area contributed by atoms with Gasteiger partial charge in [0.15, 0.2) is 5.17 Å². The summed E-state index contributed by atoms with van der Waals surface area (Å²) >= 11 is 1.33. The van der Waals surface area contributed by atoms with Crippen LogP contribution >= 0.6 is 11.8 Å². The number of hydrogen-bond donors (Lipinski definition) is 1. The molecule has 0 radical (unpaired) electrons. The van der Waals surface area contributed by atoms with Gasteiger partial charge in [-0.05, 0) is 30.2 Å². The first-order valence-corrected chi connectivity index (χ1v) is 12.2. The van der Waals surface area contributed by atoms with Crippen molar-refractivity contribution in [3.05, 3.63) is 101 Å². The number of carbonyl (C=O) groups is 2. The number of carbonyl (C=O) groups excluding carboxylic acids is 2. The zero-order valence-electron chi connectivity index (χ0n) is 18.8. The summed E-state index contributed by atoms with van der Waals surface area (Å²) in [7, 11) is 0. The van der Waals surface area contributed by atoms with Crippen LogP contribution in [-0.4, -0.2) is 39.5 Å². The van der Waals surface area contributed by atoms with E-state index in [1.165, 1.54) is 17.3 Å². The molecule has 0 fully saturated rings. The Bertz CT molecular complexity index is 1290. The number of amides is 2. The van der Waals surface area contributed by atoms with Gasteiger partial charge < -0.3 is 5.32 Å². The standard InChI is InChI=1S/C27H24N4O2S/c1-18-11-13-20(14-12-18)16-28-24(32)17-34-27-29-22-10-6-5-9-21(22)25-30-26(33)23(31(25)27)15-19-7-3-2-4-8-19/h2-14,23H,15-17H2,1H3,(H,28,32). The summed E-state index contributed by atoms with van der Waals surface area (Å²) in [6.07, 6.45) is 0.522. The molecule has 0 spiro atoms. The minimum Gasteiger partial charge on any atom is -0.351 e. The van der Waals surface area contributed by atoms with Crippen LogP contribution in [0.5, 0.6) is 0 Å². The molecule has 2 amide bonds. The van der Waals surface area contributed by atoms with E-state index in [4.69, 9.17) is 4.99 Å². The molecule has 7 heteroatoms. The topological polar surface area (TPSA) is 74.1 Å². The van der Waals surface area contributed by atoms with Crippen molar-refractivity contribution in [3.63, 3.8) is 0 Å². The summed E-state index contributed by atoms with van der Waals surface area (Å²) in [6, 6.07) is 25.2. The lowest BCUT2D eigenvalue weighted by Crippen LogP contribution is -2.45. The second-order valence-corrected chi connectivity index (χ2v) is 9.25. The second kappa shape index (κ2) is 9.65. The highest BCUT2D eigenvalue weighted by Crippen LogP contribution is 2.34. The first-order valence-electron chi connectivity index (χ1n) is 11.2. The van der Waals surface area contributed by atoms with Gasteiger partial charge in [-0.3, -0.25) is 14.5 Å². The van der Waals surface area contributed by atoms with Crippen molar-refractivity contribution in [1.82, 2.24) is 10.2 Å². The van der Waals surface area contributed by atoms with E-state index in [9.17, 15) is 9.59 Å². The zero-order chi connectivity index (χ0) is 23.5. The minimum absolute atomic E-state index is 0.0873. The molecule has 2 heterocycles. The molecule has 2 aliphatic heterocycles. The predicted octanol–water partition coefficient (Wildman–Crippen LogP) is 4.25. The summed E-state index contributed by atoms with van der Waals surface area (Å²) in [5.41, 5.74) is 4.88. The van der Waals surface area contributed by atoms with Gasteiger partial charge in [0, 0.05) is 18.5 Å². The number of nitrogens with one attached hydrogen (secondary N) is 1. The maximum absolute atomic E-state index is 12.9. The number of fused-ring (bicyclic) bond motifs is 3. The Hall–Kier alpha value is -3.71. The highest BCUT2D eigenvalue weighted by molar-refractivity contribution is 8.14. The Kier molecular flexibility index (Phi) is 6.27. The largest absolute Gasteiger partial charge is 0.351 e. The number of para-hydroxylation sites is 1. The van der Waals surface area contributed by atoms with Crippen molar-refractivity contribution in [2.24, 2.45) is 9.98 Å². The van der Waals surface area contributed by atoms with Crippen LogP contribution in [0.15, 0.2) is 88.8 Å². The summed E-state index contributed by atoms with van der Waals surface area (Å²) in [5, 5.41) is 3.59. The van der Waals surface area contributed by atoms with Crippen molar-refractivity contribution < 1.29 is 9.59 Å². The molecular weight excluding hydrogens is 444 g/mol.